The Morgan fingerprint density at radius 3 is 2.67 bits per heavy atom. The zero-order valence-corrected chi connectivity index (χ0v) is 11.5. The number of nitrogens with two attached hydrogens (primary N) is 1. The Hall–Kier alpha value is -1.59. The molecule has 0 aliphatic rings. The fraction of sp³-hybridized carbons (Fsp3) is 0. The second-order valence-electron chi connectivity index (χ2n) is 3.55. The topological polar surface area (TPSA) is 68.0 Å². The Morgan fingerprint density at radius 1 is 1.33 bits per heavy atom. The quantitative estimate of drug-likeness (QED) is 0.889. The van der Waals surface area contributed by atoms with Crippen LogP contribution < -0.4 is 11.1 Å². The first kappa shape index (κ1) is 12.9. The van der Waals surface area contributed by atoms with Gasteiger partial charge in [0.2, 0.25) is 0 Å². The predicted octanol–water partition coefficient (Wildman–Crippen LogP) is 3.33. The first-order valence-electron chi connectivity index (χ1n) is 5.04. The second-order valence-corrected chi connectivity index (χ2v) is 4.90. The van der Waals surface area contributed by atoms with Gasteiger partial charge in [-0.3, -0.25) is 4.79 Å². The van der Waals surface area contributed by atoms with Crippen molar-refractivity contribution in [2.75, 3.05) is 11.1 Å². The van der Waals surface area contributed by atoms with Crippen LogP contribution in [0.3, 0.4) is 0 Å². The third-order valence-corrected chi connectivity index (χ3v) is 2.92. The van der Waals surface area contributed by atoms with E-state index in [1.807, 2.05) is 0 Å². The average molecular weight is 327 g/mol. The highest BCUT2D eigenvalue weighted by atomic mass is 79.9. The van der Waals surface area contributed by atoms with Crippen LogP contribution in [0.2, 0.25) is 5.02 Å². The molecule has 6 heteroatoms. The van der Waals surface area contributed by atoms with Crippen LogP contribution in [0.5, 0.6) is 0 Å². The molecule has 0 bridgehead atoms. The Labute approximate surface area is 117 Å². The molecule has 92 valence electrons. The summed E-state index contributed by atoms with van der Waals surface area (Å²) in [4.78, 5) is 15.9. The number of rotatable bonds is 2. The maximum Gasteiger partial charge on any atom is 0.259 e. The van der Waals surface area contributed by atoms with Crippen LogP contribution >= 0.6 is 27.5 Å². The van der Waals surface area contributed by atoms with Gasteiger partial charge in [-0.1, -0.05) is 11.6 Å². The smallest absolute Gasteiger partial charge is 0.259 e. The molecule has 2 rings (SSSR count). The van der Waals surface area contributed by atoms with E-state index in [1.54, 1.807) is 30.3 Å². The lowest BCUT2D eigenvalue weighted by Gasteiger charge is -2.07. The number of nitrogens with one attached hydrogen (secondary N) is 1. The molecule has 1 aromatic heterocycles. The SMILES string of the molecule is Nc1ncc(Br)cc1C(=O)Nc1ccc(Cl)cc1. The third-order valence-electron chi connectivity index (χ3n) is 2.23. The number of aromatic nitrogens is 1. The van der Waals surface area contributed by atoms with Crippen molar-refractivity contribution < 1.29 is 4.79 Å². The first-order valence-corrected chi connectivity index (χ1v) is 6.21. The molecule has 2 aromatic rings. The largest absolute Gasteiger partial charge is 0.383 e. The second kappa shape index (κ2) is 5.37. The maximum atomic E-state index is 12.0. The van der Waals surface area contributed by atoms with Crippen LogP contribution in [0, 0.1) is 0 Å². The van der Waals surface area contributed by atoms with E-state index in [-0.39, 0.29) is 11.7 Å². The molecule has 1 amide bonds. The summed E-state index contributed by atoms with van der Waals surface area (Å²) in [6.07, 6.45) is 1.54. The first-order chi connectivity index (χ1) is 8.56. The van der Waals surface area contributed by atoms with E-state index < -0.39 is 0 Å². The maximum absolute atomic E-state index is 12.0. The fourth-order valence-electron chi connectivity index (χ4n) is 1.36. The van der Waals surface area contributed by atoms with Crippen LogP contribution in [0.1, 0.15) is 10.4 Å². The highest BCUT2D eigenvalue weighted by molar-refractivity contribution is 9.10. The van der Waals surface area contributed by atoms with Crippen LogP contribution in [0.4, 0.5) is 11.5 Å². The van der Waals surface area contributed by atoms with Crippen molar-refractivity contribution in [2.45, 2.75) is 0 Å². The highest BCUT2D eigenvalue weighted by Gasteiger charge is 2.11. The van der Waals surface area contributed by atoms with Gasteiger partial charge in [-0.05, 0) is 46.3 Å². The Balaban J connectivity index is 2.21. The van der Waals surface area contributed by atoms with E-state index in [1.165, 1.54) is 6.20 Å². The van der Waals surface area contributed by atoms with E-state index in [4.69, 9.17) is 17.3 Å². The molecule has 1 heterocycles. The molecule has 18 heavy (non-hydrogen) atoms. The summed E-state index contributed by atoms with van der Waals surface area (Å²) in [6.45, 7) is 0. The number of halogens is 2. The number of pyridine rings is 1. The minimum atomic E-state index is -0.316. The monoisotopic (exact) mass is 325 g/mol. The molecular formula is C12H9BrClN3O. The molecule has 3 N–H and O–H groups in total. The summed E-state index contributed by atoms with van der Waals surface area (Å²) in [5.41, 5.74) is 6.62. The zero-order chi connectivity index (χ0) is 13.1. The summed E-state index contributed by atoms with van der Waals surface area (Å²) in [6, 6.07) is 8.43. The lowest BCUT2D eigenvalue weighted by Crippen LogP contribution is -2.14. The number of nitrogens with zero attached hydrogens (tertiary/aromatic N) is 1. The zero-order valence-electron chi connectivity index (χ0n) is 9.15. The fourth-order valence-corrected chi connectivity index (χ4v) is 1.82. The summed E-state index contributed by atoms with van der Waals surface area (Å²) >= 11 is 9.01. The van der Waals surface area contributed by atoms with Gasteiger partial charge in [0.25, 0.3) is 5.91 Å². The van der Waals surface area contributed by atoms with E-state index in [2.05, 4.69) is 26.2 Å². The van der Waals surface area contributed by atoms with Gasteiger partial charge in [-0.25, -0.2) is 4.98 Å². The number of benzene rings is 1. The van der Waals surface area contributed by atoms with Crippen LogP contribution in [0.15, 0.2) is 41.0 Å². The molecule has 0 aliphatic carbocycles. The van der Waals surface area contributed by atoms with Gasteiger partial charge in [0.1, 0.15) is 5.82 Å². The van der Waals surface area contributed by atoms with Crippen LogP contribution in [-0.2, 0) is 0 Å². The van der Waals surface area contributed by atoms with Crippen molar-refractivity contribution in [1.82, 2.24) is 4.98 Å². The molecular weight excluding hydrogens is 318 g/mol. The summed E-state index contributed by atoms with van der Waals surface area (Å²) in [5, 5.41) is 3.32. The van der Waals surface area contributed by atoms with E-state index in [9.17, 15) is 4.79 Å². The molecule has 0 saturated carbocycles. The van der Waals surface area contributed by atoms with Gasteiger partial charge in [-0.2, -0.15) is 0 Å². The minimum Gasteiger partial charge on any atom is -0.383 e. The van der Waals surface area contributed by atoms with E-state index >= 15 is 0 Å². The molecule has 0 aliphatic heterocycles. The number of carbonyl (C=O) groups excluding carboxylic acids is 1. The molecule has 0 radical (unpaired) electrons. The van der Waals surface area contributed by atoms with Gasteiger partial charge in [0.15, 0.2) is 0 Å². The van der Waals surface area contributed by atoms with Crippen LogP contribution in [0.25, 0.3) is 0 Å². The normalized spacial score (nSPS) is 10.1. The summed E-state index contributed by atoms with van der Waals surface area (Å²) < 4.78 is 0.693. The number of hydrogen-bond acceptors (Lipinski definition) is 3. The van der Waals surface area contributed by atoms with Crippen molar-refractivity contribution in [2.24, 2.45) is 0 Å². The van der Waals surface area contributed by atoms with E-state index in [0.717, 1.165) is 0 Å². The number of carbonyl (C=O) groups is 1. The van der Waals surface area contributed by atoms with Gasteiger partial charge in [0.05, 0.1) is 5.56 Å². The molecule has 4 nitrogen and oxygen atoms in total. The van der Waals surface area contributed by atoms with Crippen molar-refractivity contribution in [1.29, 1.82) is 0 Å². The molecule has 0 saturated heterocycles. The van der Waals surface area contributed by atoms with E-state index in [0.29, 0.717) is 20.7 Å². The number of anilines is 2. The van der Waals surface area contributed by atoms with Crippen molar-refractivity contribution >= 4 is 44.9 Å². The summed E-state index contributed by atoms with van der Waals surface area (Å²) in [5.74, 6) is -0.131. The van der Waals surface area contributed by atoms with Gasteiger partial charge in [0, 0.05) is 21.4 Å². The molecule has 0 spiro atoms. The van der Waals surface area contributed by atoms with Gasteiger partial charge < -0.3 is 11.1 Å². The molecule has 0 fully saturated rings. The Kier molecular flexibility index (Phi) is 3.84. The standard InChI is InChI=1S/C12H9BrClN3O/c13-7-5-10(11(15)16-6-7)12(18)17-9-3-1-8(14)2-4-9/h1-6H,(H2,15,16)(H,17,18). The molecule has 1 aromatic carbocycles. The average Bonchev–Trinajstić information content (AvgIpc) is 2.35. The van der Waals surface area contributed by atoms with Crippen LogP contribution in [-0.4, -0.2) is 10.9 Å². The predicted molar refractivity (Wildman–Crippen MR) is 75.8 cm³/mol. The minimum absolute atomic E-state index is 0.185. The highest BCUT2D eigenvalue weighted by Crippen LogP contribution is 2.18. The number of hydrogen-bond donors (Lipinski definition) is 2. The van der Waals surface area contributed by atoms with Crippen molar-refractivity contribution in [3.05, 3.63) is 51.6 Å². The number of nitrogen functional groups attached to an aromatic ring is 1. The van der Waals surface area contributed by atoms with Crippen molar-refractivity contribution in [3.8, 4) is 0 Å². The summed E-state index contributed by atoms with van der Waals surface area (Å²) in [7, 11) is 0. The molecule has 0 unspecified atom stereocenters. The number of amides is 1. The van der Waals surface area contributed by atoms with Gasteiger partial charge in [-0.15, -0.1) is 0 Å². The van der Waals surface area contributed by atoms with Crippen molar-refractivity contribution in [3.63, 3.8) is 0 Å². The molecule has 0 atom stereocenters. The Morgan fingerprint density at radius 2 is 2.00 bits per heavy atom. The lowest BCUT2D eigenvalue weighted by molar-refractivity contribution is 0.102. The Bertz CT molecular complexity index is 586. The lowest BCUT2D eigenvalue weighted by atomic mass is 10.2. The third kappa shape index (κ3) is 3.00. The van der Waals surface area contributed by atoms with Gasteiger partial charge >= 0.3 is 0 Å².